The third-order valence-electron chi connectivity index (χ3n) is 2.96. The van der Waals surface area contributed by atoms with Crippen molar-refractivity contribution in [3.63, 3.8) is 0 Å². The highest BCUT2D eigenvalue weighted by Crippen LogP contribution is 2.39. The third-order valence-corrected chi connectivity index (χ3v) is 3.92. The average Bonchev–Trinajstić information content (AvgIpc) is 2.73. The monoisotopic (exact) mass is 293 g/mol. The second kappa shape index (κ2) is 5.02. The van der Waals surface area contributed by atoms with E-state index in [4.69, 9.17) is 9.47 Å². The molecule has 2 aliphatic heterocycles. The minimum atomic E-state index is -1.57. The van der Waals surface area contributed by atoms with Crippen LogP contribution in [-0.4, -0.2) is 28.7 Å². The minimum Gasteiger partial charge on any atom is -0.617 e. The first-order valence-electron chi connectivity index (χ1n) is 6.06. The van der Waals surface area contributed by atoms with Crippen LogP contribution in [-0.2, 0) is 0 Å². The molecule has 3 rings (SSSR count). The molecule has 0 N–H and O–H groups in total. The molecule has 0 spiro atoms. The Kier molecular flexibility index (Phi) is 3.35. The maximum absolute atomic E-state index is 11.4. The predicted octanol–water partition coefficient (Wildman–Crippen LogP) is 2.55. The molecule has 1 fully saturated rings. The molecule has 2 heterocycles. The van der Waals surface area contributed by atoms with Crippen molar-refractivity contribution in [2.75, 3.05) is 20.2 Å². The van der Waals surface area contributed by atoms with E-state index < -0.39 is 4.21 Å². The van der Waals surface area contributed by atoms with Crippen molar-refractivity contribution in [2.45, 2.75) is 0 Å². The van der Waals surface area contributed by atoms with Gasteiger partial charge in [-0.3, -0.25) is 4.31 Å². The fraction of sp³-hybridized carbons (Fsp3) is 0.231. The molecule has 0 bridgehead atoms. The van der Waals surface area contributed by atoms with Gasteiger partial charge in [-0.05, 0) is 30.3 Å². The molecule has 1 saturated heterocycles. The van der Waals surface area contributed by atoms with Gasteiger partial charge < -0.3 is 24.1 Å². The zero-order chi connectivity index (χ0) is 14.2. The van der Waals surface area contributed by atoms with E-state index in [1.807, 2.05) is 6.08 Å². The second-order valence-corrected chi connectivity index (χ2v) is 5.59. The summed E-state index contributed by atoms with van der Waals surface area (Å²) in [7, 11) is 1.60. The highest BCUT2D eigenvalue weighted by molar-refractivity contribution is 7.91. The van der Waals surface area contributed by atoms with E-state index in [-0.39, 0.29) is 6.54 Å². The summed E-state index contributed by atoms with van der Waals surface area (Å²) in [6, 6.07) is 7.21. The molecule has 0 aromatic heterocycles. The summed E-state index contributed by atoms with van der Waals surface area (Å²) in [5, 5.41) is 22.8. The Labute approximate surface area is 120 Å². The summed E-state index contributed by atoms with van der Waals surface area (Å²) >= 11 is 0.740. The molecule has 7 heteroatoms. The molecule has 0 saturated carbocycles. The molecule has 6 nitrogen and oxygen atoms in total. The Balaban J connectivity index is 1.71. The Bertz CT molecular complexity index is 568. The number of ether oxygens (including phenoxy) is 2. The van der Waals surface area contributed by atoms with Crippen molar-refractivity contribution in [3.05, 3.63) is 58.3 Å². The van der Waals surface area contributed by atoms with Crippen molar-refractivity contribution >= 4 is 12.1 Å². The van der Waals surface area contributed by atoms with E-state index in [1.165, 1.54) is 0 Å². The molecular weight excluding hydrogens is 280 g/mol. The van der Waals surface area contributed by atoms with Crippen LogP contribution in [0.3, 0.4) is 0 Å². The van der Waals surface area contributed by atoms with Gasteiger partial charge in [-0.25, -0.2) is 0 Å². The first-order chi connectivity index (χ1) is 9.55. The summed E-state index contributed by atoms with van der Waals surface area (Å²) in [4.78, 5) is 0. The Morgan fingerprint density at radius 3 is 2.60 bits per heavy atom. The van der Waals surface area contributed by atoms with Crippen molar-refractivity contribution in [1.29, 1.82) is 0 Å². The van der Waals surface area contributed by atoms with Gasteiger partial charge in [0.05, 0.1) is 19.4 Å². The summed E-state index contributed by atoms with van der Waals surface area (Å²) in [6.45, 7) is 0.403. The Morgan fingerprint density at radius 1 is 1.20 bits per heavy atom. The lowest BCUT2D eigenvalue weighted by Crippen LogP contribution is -2.22. The second-order valence-electron chi connectivity index (χ2n) is 4.43. The average molecular weight is 293 g/mol. The number of hydrogen-bond donors (Lipinski definition) is 0. The van der Waals surface area contributed by atoms with Crippen molar-refractivity contribution in [1.82, 2.24) is 4.31 Å². The molecule has 0 radical (unpaired) electrons. The number of nitrogens with zero attached hydrogens (tertiary/aromatic N) is 2. The zero-order valence-electron chi connectivity index (χ0n) is 10.8. The lowest BCUT2D eigenvalue weighted by atomic mass is 10.2. The van der Waals surface area contributed by atoms with E-state index >= 15 is 0 Å². The van der Waals surface area contributed by atoms with Crippen LogP contribution in [0.1, 0.15) is 0 Å². The van der Waals surface area contributed by atoms with Crippen molar-refractivity contribution in [3.8, 4) is 11.5 Å². The molecule has 0 unspecified atom stereocenters. The summed E-state index contributed by atoms with van der Waals surface area (Å²) in [5.41, 5.74) is 0.700. The molecule has 0 aliphatic carbocycles. The quantitative estimate of drug-likeness (QED) is 0.484. The van der Waals surface area contributed by atoms with Gasteiger partial charge in [-0.1, -0.05) is 0 Å². The van der Waals surface area contributed by atoms with Crippen LogP contribution in [0.4, 0.5) is 0 Å². The van der Waals surface area contributed by atoms with Gasteiger partial charge in [-0.2, -0.15) is 0 Å². The fourth-order valence-corrected chi connectivity index (χ4v) is 2.87. The van der Waals surface area contributed by atoms with Gasteiger partial charge in [0, 0.05) is 6.08 Å². The van der Waals surface area contributed by atoms with E-state index in [0.29, 0.717) is 23.8 Å². The standard InChI is InChI=1S/C13H13N2O4S/c1-18-11-2-4-12(5-3-11)19-13-6-7-14-10(8-13)9-15(16,17)20-14/h2-6,8H,7,9H2,1H3/q-1. The third kappa shape index (κ3) is 2.75. The first kappa shape index (κ1) is 13.3. The maximum atomic E-state index is 11.4. The molecule has 2 aliphatic rings. The van der Waals surface area contributed by atoms with Crippen LogP contribution in [0.15, 0.2) is 47.9 Å². The summed E-state index contributed by atoms with van der Waals surface area (Å²) in [6.07, 6.45) is 3.57. The van der Waals surface area contributed by atoms with E-state index in [1.54, 1.807) is 41.8 Å². The molecule has 1 aromatic carbocycles. The Hall–Kier alpha value is -1.67. The lowest BCUT2D eigenvalue weighted by molar-refractivity contribution is -0.671. The number of hydroxylamine groups is 2. The number of methoxy groups -OCH3 is 1. The number of allylic oxidation sites excluding steroid dienone is 1. The predicted molar refractivity (Wildman–Crippen MR) is 75.9 cm³/mol. The van der Waals surface area contributed by atoms with Crippen LogP contribution in [0.2, 0.25) is 0 Å². The molecular formula is C13H13N2O4S-. The van der Waals surface area contributed by atoms with Gasteiger partial charge >= 0.3 is 0 Å². The highest BCUT2D eigenvalue weighted by atomic mass is 32.2. The number of benzene rings is 1. The summed E-state index contributed by atoms with van der Waals surface area (Å²) in [5.74, 6) is 2.08. The van der Waals surface area contributed by atoms with Gasteiger partial charge in [0.25, 0.3) is 0 Å². The largest absolute Gasteiger partial charge is 0.617 e. The van der Waals surface area contributed by atoms with Crippen LogP contribution in [0.5, 0.6) is 11.5 Å². The first-order valence-corrected chi connectivity index (χ1v) is 6.79. The SMILES string of the molecule is COc1ccc(OC2=CCN3S[N+]([O-])([O-])CC3=C2)cc1. The van der Waals surface area contributed by atoms with Gasteiger partial charge in [-0.15, -0.1) is 0 Å². The van der Waals surface area contributed by atoms with E-state index in [2.05, 4.69) is 0 Å². The molecule has 20 heavy (non-hydrogen) atoms. The minimum absolute atomic E-state index is 0.0893. The van der Waals surface area contributed by atoms with Crippen LogP contribution in [0.25, 0.3) is 0 Å². The van der Waals surface area contributed by atoms with Crippen LogP contribution >= 0.6 is 12.1 Å². The van der Waals surface area contributed by atoms with Crippen LogP contribution in [0, 0.1) is 10.4 Å². The zero-order valence-corrected chi connectivity index (χ0v) is 11.6. The van der Waals surface area contributed by atoms with E-state index in [9.17, 15) is 10.4 Å². The fourth-order valence-electron chi connectivity index (χ4n) is 2.02. The summed E-state index contributed by atoms with van der Waals surface area (Å²) < 4.78 is 10.9. The molecule has 106 valence electrons. The number of rotatable bonds is 3. The molecule has 0 amide bonds. The van der Waals surface area contributed by atoms with Crippen molar-refractivity contribution in [2.24, 2.45) is 0 Å². The van der Waals surface area contributed by atoms with Crippen LogP contribution < -0.4 is 9.47 Å². The number of hydrogen-bond acceptors (Lipinski definition) is 6. The number of quaternary nitrogens is 1. The normalized spacial score (nSPS) is 20.1. The smallest absolute Gasteiger partial charge is 0.202 e. The molecule has 0 atom stereocenters. The van der Waals surface area contributed by atoms with E-state index in [0.717, 1.165) is 17.9 Å². The lowest BCUT2D eigenvalue weighted by Gasteiger charge is -2.37. The van der Waals surface area contributed by atoms with Gasteiger partial charge in [0.1, 0.15) is 23.8 Å². The highest BCUT2D eigenvalue weighted by Gasteiger charge is 2.32. The molecule has 1 aromatic rings. The maximum Gasteiger partial charge on any atom is 0.202 e. The van der Waals surface area contributed by atoms with Gasteiger partial charge in [0.15, 0.2) is 0 Å². The van der Waals surface area contributed by atoms with Gasteiger partial charge in [0.2, 0.25) is 12.1 Å². The van der Waals surface area contributed by atoms with Crippen molar-refractivity contribution < 1.29 is 13.7 Å². The Morgan fingerprint density at radius 2 is 1.90 bits per heavy atom. The number of fused-ring (bicyclic) bond motifs is 1. The topological polar surface area (TPSA) is 67.8 Å².